The third kappa shape index (κ3) is 3.67. The molecule has 0 bridgehead atoms. The van der Waals surface area contributed by atoms with Crippen molar-refractivity contribution in [1.29, 1.82) is 0 Å². The van der Waals surface area contributed by atoms with Gasteiger partial charge in [-0.3, -0.25) is 4.98 Å². The summed E-state index contributed by atoms with van der Waals surface area (Å²) in [5.41, 5.74) is 1.76. The smallest absolute Gasteiger partial charge is 0.347 e. The number of rotatable bonds is 5. The topological polar surface area (TPSA) is 60.5 Å². The molecular formula is C14H20N2O3. The average molecular weight is 264 g/mol. The zero-order valence-electron chi connectivity index (χ0n) is 11.6. The first-order valence-corrected chi connectivity index (χ1v) is 6.59. The van der Waals surface area contributed by atoms with Crippen molar-refractivity contribution in [2.75, 3.05) is 6.61 Å². The van der Waals surface area contributed by atoms with Crippen molar-refractivity contribution < 1.29 is 14.3 Å². The van der Waals surface area contributed by atoms with Crippen LogP contribution >= 0.6 is 0 Å². The first-order chi connectivity index (χ1) is 9.06. The molecule has 1 saturated heterocycles. The second-order valence-corrected chi connectivity index (χ2v) is 5.00. The molecule has 0 aromatic carbocycles. The van der Waals surface area contributed by atoms with Gasteiger partial charge >= 0.3 is 5.97 Å². The normalized spacial score (nSPS) is 18.7. The highest BCUT2D eigenvalue weighted by Crippen LogP contribution is 2.21. The SMILES string of the molecule is Cc1ccc(OC2CCOC2=O)c(CNC(C)C)n1. The van der Waals surface area contributed by atoms with Gasteiger partial charge in [-0.05, 0) is 19.1 Å². The number of carbonyl (C=O) groups is 1. The number of nitrogens with zero attached hydrogens (tertiary/aromatic N) is 1. The number of cyclic esters (lactones) is 1. The summed E-state index contributed by atoms with van der Waals surface area (Å²) in [5, 5.41) is 3.31. The lowest BCUT2D eigenvalue weighted by molar-refractivity contribution is -0.143. The highest BCUT2D eigenvalue weighted by atomic mass is 16.6. The van der Waals surface area contributed by atoms with Crippen LogP contribution in [0.2, 0.25) is 0 Å². The molecule has 2 rings (SSSR count). The van der Waals surface area contributed by atoms with Gasteiger partial charge in [0, 0.05) is 24.7 Å². The van der Waals surface area contributed by atoms with Gasteiger partial charge in [-0.25, -0.2) is 4.79 Å². The Morgan fingerprint density at radius 2 is 2.32 bits per heavy atom. The van der Waals surface area contributed by atoms with E-state index in [1.54, 1.807) is 0 Å². The van der Waals surface area contributed by atoms with Crippen LogP contribution in [0.1, 0.15) is 31.7 Å². The van der Waals surface area contributed by atoms with Crippen LogP contribution in [0.3, 0.4) is 0 Å². The minimum Gasteiger partial charge on any atom is -0.477 e. The van der Waals surface area contributed by atoms with Crippen LogP contribution in [0.4, 0.5) is 0 Å². The van der Waals surface area contributed by atoms with Crippen LogP contribution in [-0.4, -0.2) is 29.7 Å². The number of aromatic nitrogens is 1. The van der Waals surface area contributed by atoms with E-state index in [9.17, 15) is 4.79 Å². The number of esters is 1. The van der Waals surface area contributed by atoms with Crippen LogP contribution in [0, 0.1) is 6.92 Å². The molecular weight excluding hydrogens is 244 g/mol. The van der Waals surface area contributed by atoms with E-state index in [1.807, 2.05) is 19.1 Å². The van der Waals surface area contributed by atoms with Crippen molar-refractivity contribution in [2.45, 2.75) is 45.9 Å². The molecule has 1 N–H and O–H groups in total. The van der Waals surface area contributed by atoms with Crippen molar-refractivity contribution >= 4 is 5.97 Å². The summed E-state index contributed by atoms with van der Waals surface area (Å²) < 4.78 is 10.6. The monoisotopic (exact) mass is 264 g/mol. The Balaban J connectivity index is 2.11. The summed E-state index contributed by atoms with van der Waals surface area (Å²) in [7, 11) is 0. The molecule has 0 saturated carbocycles. The number of nitrogens with one attached hydrogen (secondary N) is 1. The lowest BCUT2D eigenvalue weighted by Gasteiger charge is -2.15. The van der Waals surface area contributed by atoms with E-state index in [4.69, 9.17) is 9.47 Å². The van der Waals surface area contributed by atoms with E-state index in [2.05, 4.69) is 24.1 Å². The van der Waals surface area contributed by atoms with E-state index in [0.717, 1.165) is 11.4 Å². The van der Waals surface area contributed by atoms with Gasteiger partial charge in [-0.2, -0.15) is 0 Å². The van der Waals surface area contributed by atoms with E-state index >= 15 is 0 Å². The number of hydrogen-bond donors (Lipinski definition) is 1. The zero-order valence-corrected chi connectivity index (χ0v) is 11.6. The van der Waals surface area contributed by atoms with E-state index < -0.39 is 6.10 Å². The van der Waals surface area contributed by atoms with Crippen molar-refractivity contribution in [1.82, 2.24) is 10.3 Å². The average Bonchev–Trinajstić information content (AvgIpc) is 2.75. The Morgan fingerprint density at radius 1 is 1.53 bits per heavy atom. The second kappa shape index (κ2) is 6.02. The fraction of sp³-hybridized carbons (Fsp3) is 0.571. The lowest BCUT2D eigenvalue weighted by atomic mass is 10.2. The maximum atomic E-state index is 11.4. The van der Waals surface area contributed by atoms with Crippen molar-refractivity contribution in [3.05, 3.63) is 23.5 Å². The molecule has 1 aliphatic heterocycles. The number of pyridine rings is 1. The number of carbonyl (C=O) groups excluding carboxylic acids is 1. The number of hydrogen-bond acceptors (Lipinski definition) is 5. The lowest BCUT2D eigenvalue weighted by Crippen LogP contribution is -2.25. The highest BCUT2D eigenvalue weighted by Gasteiger charge is 2.29. The molecule has 2 heterocycles. The zero-order chi connectivity index (χ0) is 13.8. The molecule has 1 aromatic heterocycles. The Bertz CT molecular complexity index is 460. The quantitative estimate of drug-likeness (QED) is 0.818. The van der Waals surface area contributed by atoms with Gasteiger partial charge in [0.1, 0.15) is 5.75 Å². The minimum absolute atomic E-state index is 0.289. The van der Waals surface area contributed by atoms with Crippen LogP contribution < -0.4 is 10.1 Å². The largest absolute Gasteiger partial charge is 0.477 e. The van der Waals surface area contributed by atoms with E-state index in [0.29, 0.717) is 31.4 Å². The van der Waals surface area contributed by atoms with Crippen molar-refractivity contribution in [3.63, 3.8) is 0 Å². The third-order valence-corrected chi connectivity index (χ3v) is 2.91. The Labute approximate surface area is 113 Å². The maximum Gasteiger partial charge on any atom is 0.347 e. The fourth-order valence-corrected chi connectivity index (χ4v) is 1.87. The molecule has 1 aliphatic rings. The summed E-state index contributed by atoms with van der Waals surface area (Å²) in [4.78, 5) is 15.9. The number of ether oxygens (including phenoxy) is 2. The predicted molar refractivity (Wildman–Crippen MR) is 70.9 cm³/mol. The second-order valence-electron chi connectivity index (χ2n) is 5.00. The van der Waals surface area contributed by atoms with Crippen LogP contribution in [0.5, 0.6) is 5.75 Å². The minimum atomic E-state index is -0.498. The molecule has 1 fully saturated rings. The van der Waals surface area contributed by atoms with Gasteiger partial charge in [-0.15, -0.1) is 0 Å². The molecule has 5 nitrogen and oxygen atoms in total. The molecule has 0 radical (unpaired) electrons. The molecule has 0 spiro atoms. The third-order valence-electron chi connectivity index (χ3n) is 2.91. The molecule has 104 valence electrons. The number of aryl methyl sites for hydroxylation is 1. The Hall–Kier alpha value is -1.62. The van der Waals surface area contributed by atoms with E-state index in [1.165, 1.54) is 0 Å². The molecule has 0 amide bonds. The summed E-state index contributed by atoms with van der Waals surface area (Å²) in [6.07, 6.45) is 0.103. The molecule has 5 heteroatoms. The molecule has 1 unspecified atom stereocenters. The van der Waals surface area contributed by atoms with Crippen molar-refractivity contribution in [2.24, 2.45) is 0 Å². The van der Waals surface area contributed by atoms with Gasteiger partial charge in [0.15, 0.2) is 6.10 Å². The first kappa shape index (κ1) is 13.8. The van der Waals surface area contributed by atoms with Crippen LogP contribution in [0.25, 0.3) is 0 Å². The molecule has 1 aromatic rings. The first-order valence-electron chi connectivity index (χ1n) is 6.59. The molecule has 19 heavy (non-hydrogen) atoms. The van der Waals surface area contributed by atoms with Gasteiger partial charge in [0.2, 0.25) is 0 Å². The standard InChI is InChI=1S/C14H20N2O3/c1-9(2)15-8-11-12(5-4-10(3)16-11)19-13-6-7-18-14(13)17/h4-5,9,13,15H,6-8H2,1-3H3. The predicted octanol–water partition coefficient (Wildman–Crippen LogP) is 1.58. The summed E-state index contributed by atoms with van der Waals surface area (Å²) in [5.74, 6) is 0.367. The molecule has 1 atom stereocenters. The Morgan fingerprint density at radius 3 is 2.95 bits per heavy atom. The van der Waals surface area contributed by atoms with Crippen LogP contribution in [-0.2, 0) is 16.1 Å². The summed E-state index contributed by atoms with van der Waals surface area (Å²) >= 11 is 0. The van der Waals surface area contributed by atoms with Gasteiger partial charge < -0.3 is 14.8 Å². The van der Waals surface area contributed by atoms with Crippen molar-refractivity contribution in [3.8, 4) is 5.75 Å². The molecule has 0 aliphatic carbocycles. The Kier molecular flexibility index (Phi) is 4.37. The maximum absolute atomic E-state index is 11.4. The van der Waals surface area contributed by atoms with E-state index in [-0.39, 0.29) is 5.97 Å². The fourth-order valence-electron chi connectivity index (χ4n) is 1.87. The summed E-state index contributed by atoms with van der Waals surface area (Å²) in [6, 6.07) is 4.12. The highest BCUT2D eigenvalue weighted by molar-refractivity contribution is 5.76. The van der Waals surface area contributed by atoms with Gasteiger partial charge in [0.25, 0.3) is 0 Å². The van der Waals surface area contributed by atoms with Gasteiger partial charge in [-0.1, -0.05) is 13.8 Å². The van der Waals surface area contributed by atoms with Gasteiger partial charge in [0.05, 0.1) is 12.3 Å². The summed E-state index contributed by atoms with van der Waals surface area (Å²) in [6.45, 7) is 7.14. The van der Waals surface area contributed by atoms with Crippen LogP contribution in [0.15, 0.2) is 12.1 Å².